The summed E-state index contributed by atoms with van der Waals surface area (Å²) >= 11 is 0. The van der Waals surface area contributed by atoms with Gasteiger partial charge in [-0.1, -0.05) is 44.2 Å². The van der Waals surface area contributed by atoms with Crippen molar-refractivity contribution in [3.05, 3.63) is 35.9 Å². The van der Waals surface area contributed by atoms with Crippen molar-refractivity contribution in [1.29, 1.82) is 0 Å². The van der Waals surface area contributed by atoms with E-state index in [1.807, 2.05) is 37.1 Å². The van der Waals surface area contributed by atoms with Gasteiger partial charge in [-0.25, -0.2) is 0 Å². The van der Waals surface area contributed by atoms with Gasteiger partial charge in [0.1, 0.15) is 0 Å². The Hall–Kier alpha value is -0.860. The Morgan fingerprint density at radius 2 is 1.60 bits per heavy atom. The van der Waals surface area contributed by atoms with Gasteiger partial charge in [0.25, 0.3) is 0 Å². The van der Waals surface area contributed by atoms with Crippen LogP contribution in [0.4, 0.5) is 0 Å². The van der Waals surface area contributed by atoms with E-state index in [1.165, 1.54) is 5.56 Å². The van der Waals surface area contributed by atoms with Crippen molar-refractivity contribution in [2.24, 2.45) is 0 Å². The smallest absolute Gasteiger partial charge is 0.180 e. The summed E-state index contributed by atoms with van der Waals surface area (Å²) in [5.41, 5.74) is 1.33. The third kappa shape index (κ3) is 3.05. The maximum Gasteiger partial charge on any atom is 0.180 e. The Kier molecular flexibility index (Phi) is 3.89. The molecule has 84 valence electrons. The molecule has 0 aromatic heterocycles. The molecule has 0 amide bonds. The lowest BCUT2D eigenvalue weighted by Gasteiger charge is -2.16. The first-order valence-corrected chi connectivity index (χ1v) is 5.60. The number of hydroxylamine groups is 2. The van der Waals surface area contributed by atoms with Gasteiger partial charge < -0.3 is 0 Å². The number of nitrogens with zero attached hydrogens (tertiary/aromatic N) is 1. The molecule has 0 saturated carbocycles. The van der Waals surface area contributed by atoms with Gasteiger partial charge in [0.15, 0.2) is 6.23 Å². The second-order valence-corrected chi connectivity index (χ2v) is 4.37. The van der Waals surface area contributed by atoms with Gasteiger partial charge in [0.2, 0.25) is 0 Å². The number of rotatable bonds is 1. The standard InChI is InChI=1S/C11H15NO.C2H6/c1-11(2,3)12-10(13-12)9-7-5-4-6-8-9;1-2/h4-8,10H,1-3H3;1-2H3. The molecular formula is C13H21NO. The van der Waals surface area contributed by atoms with Crippen molar-refractivity contribution in [1.82, 2.24) is 5.06 Å². The largest absolute Gasteiger partial charge is 0.269 e. The first kappa shape index (κ1) is 12.2. The summed E-state index contributed by atoms with van der Waals surface area (Å²) in [5.74, 6) is 0. The topological polar surface area (TPSA) is 15.5 Å². The van der Waals surface area contributed by atoms with Crippen molar-refractivity contribution >= 4 is 0 Å². The second kappa shape index (κ2) is 4.77. The van der Waals surface area contributed by atoms with E-state index >= 15 is 0 Å². The predicted molar refractivity (Wildman–Crippen MR) is 63.2 cm³/mol. The molecule has 2 atom stereocenters. The maximum absolute atomic E-state index is 5.50. The van der Waals surface area contributed by atoms with Crippen LogP contribution in [0.3, 0.4) is 0 Å². The lowest BCUT2D eigenvalue weighted by Crippen LogP contribution is -2.25. The van der Waals surface area contributed by atoms with Gasteiger partial charge in [-0.05, 0) is 26.3 Å². The summed E-state index contributed by atoms with van der Waals surface area (Å²) in [5, 5.41) is 2.02. The normalized spacial score (nSPS) is 24.1. The monoisotopic (exact) mass is 207 g/mol. The Balaban J connectivity index is 0.000000531. The summed E-state index contributed by atoms with van der Waals surface area (Å²) in [6, 6.07) is 10.3. The van der Waals surface area contributed by atoms with Crippen LogP contribution in [0.5, 0.6) is 0 Å². The number of hydrogen-bond acceptors (Lipinski definition) is 2. The predicted octanol–water partition coefficient (Wildman–Crippen LogP) is 3.76. The molecule has 0 aliphatic carbocycles. The van der Waals surface area contributed by atoms with Crippen LogP contribution in [-0.4, -0.2) is 10.6 Å². The first-order chi connectivity index (χ1) is 7.09. The van der Waals surface area contributed by atoms with Crippen LogP contribution >= 0.6 is 0 Å². The summed E-state index contributed by atoms with van der Waals surface area (Å²) in [6.07, 6.45) is 0.168. The maximum atomic E-state index is 5.50. The molecule has 1 aliphatic heterocycles. The van der Waals surface area contributed by atoms with Crippen molar-refractivity contribution in [2.45, 2.75) is 46.4 Å². The molecular weight excluding hydrogens is 186 g/mol. The minimum atomic E-state index is 0.0977. The van der Waals surface area contributed by atoms with E-state index in [0.29, 0.717) is 0 Å². The van der Waals surface area contributed by atoms with E-state index < -0.39 is 0 Å². The molecule has 2 heteroatoms. The van der Waals surface area contributed by atoms with Crippen LogP contribution < -0.4 is 0 Å². The molecule has 2 nitrogen and oxygen atoms in total. The molecule has 0 bridgehead atoms. The Bertz CT molecular complexity index is 289. The highest BCUT2D eigenvalue weighted by atomic mass is 16.8. The molecule has 1 aromatic carbocycles. The van der Waals surface area contributed by atoms with Crippen molar-refractivity contribution in [3.63, 3.8) is 0 Å². The third-order valence-corrected chi connectivity index (χ3v) is 2.13. The van der Waals surface area contributed by atoms with E-state index in [-0.39, 0.29) is 11.8 Å². The number of benzene rings is 1. The zero-order valence-electron chi connectivity index (χ0n) is 10.3. The fourth-order valence-electron chi connectivity index (χ4n) is 1.40. The lowest BCUT2D eigenvalue weighted by atomic mass is 10.1. The molecule has 1 saturated heterocycles. The van der Waals surface area contributed by atoms with Crippen molar-refractivity contribution < 1.29 is 4.84 Å². The Morgan fingerprint density at radius 3 is 2.00 bits per heavy atom. The molecule has 1 aromatic rings. The van der Waals surface area contributed by atoms with E-state index in [2.05, 4.69) is 32.9 Å². The van der Waals surface area contributed by atoms with Gasteiger partial charge in [0.05, 0.1) is 0 Å². The van der Waals surface area contributed by atoms with Crippen LogP contribution in [0, 0.1) is 0 Å². The van der Waals surface area contributed by atoms with Crippen LogP contribution in [0.15, 0.2) is 30.3 Å². The summed E-state index contributed by atoms with van der Waals surface area (Å²) < 4.78 is 0. The molecule has 15 heavy (non-hydrogen) atoms. The molecule has 1 aliphatic rings. The van der Waals surface area contributed by atoms with Crippen LogP contribution in [0.1, 0.15) is 46.4 Å². The highest BCUT2D eigenvalue weighted by Crippen LogP contribution is 2.42. The second-order valence-electron chi connectivity index (χ2n) is 4.37. The van der Waals surface area contributed by atoms with E-state index in [9.17, 15) is 0 Å². The average molecular weight is 207 g/mol. The third-order valence-electron chi connectivity index (χ3n) is 2.13. The molecule has 1 heterocycles. The molecule has 2 unspecified atom stereocenters. The van der Waals surface area contributed by atoms with Crippen molar-refractivity contribution in [2.75, 3.05) is 0 Å². The SMILES string of the molecule is CC.CC(C)(C)N1OC1c1ccccc1. The Morgan fingerprint density at radius 1 is 1.07 bits per heavy atom. The van der Waals surface area contributed by atoms with Crippen LogP contribution in [-0.2, 0) is 4.84 Å². The first-order valence-electron chi connectivity index (χ1n) is 5.60. The summed E-state index contributed by atoms with van der Waals surface area (Å²) in [4.78, 5) is 5.50. The number of hydrogen-bond donors (Lipinski definition) is 0. The minimum absolute atomic E-state index is 0.0977. The highest BCUT2D eigenvalue weighted by Gasteiger charge is 2.45. The summed E-state index contributed by atoms with van der Waals surface area (Å²) in [7, 11) is 0. The average Bonchev–Trinajstić information content (AvgIpc) is 3.01. The van der Waals surface area contributed by atoms with E-state index in [0.717, 1.165) is 0 Å². The van der Waals surface area contributed by atoms with E-state index in [1.54, 1.807) is 0 Å². The molecule has 2 rings (SSSR count). The van der Waals surface area contributed by atoms with E-state index in [4.69, 9.17) is 4.84 Å². The van der Waals surface area contributed by atoms with Gasteiger partial charge in [0, 0.05) is 5.54 Å². The highest BCUT2D eigenvalue weighted by molar-refractivity contribution is 5.19. The molecule has 0 N–H and O–H groups in total. The zero-order valence-corrected chi connectivity index (χ0v) is 10.3. The molecule has 1 fully saturated rings. The lowest BCUT2D eigenvalue weighted by molar-refractivity contribution is 0.101. The van der Waals surface area contributed by atoms with Crippen molar-refractivity contribution in [3.8, 4) is 0 Å². The quantitative estimate of drug-likeness (QED) is 0.652. The van der Waals surface area contributed by atoms with Gasteiger partial charge in [-0.2, -0.15) is 0 Å². The Labute approximate surface area is 92.8 Å². The fraction of sp³-hybridized carbons (Fsp3) is 0.538. The van der Waals surface area contributed by atoms with Gasteiger partial charge >= 0.3 is 0 Å². The van der Waals surface area contributed by atoms with Gasteiger partial charge in [-0.15, -0.1) is 5.06 Å². The molecule has 0 spiro atoms. The van der Waals surface area contributed by atoms with Gasteiger partial charge in [-0.3, -0.25) is 4.84 Å². The summed E-state index contributed by atoms with van der Waals surface area (Å²) in [6.45, 7) is 10.4. The van der Waals surface area contributed by atoms with Crippen LogP contribution in [0.25, 0.3) is 0 Å². The molecule has 0 radical (unpaired) electrons. The minimum Gasteiger partial charge on any atom is -0.269 e. The fourth-order valence-corrected chi connectivity index (χ4v) is 1.40. The van der Waals surface area contributed by atoms with Crippen LogP contribution in [0.2, 0.25) is 0 Å². The zero-order chi connectivity index (χ0) is 11.5.